The molecule has 31 heavy (non-hydrogen) atoms. The molecule has 2 aromatic rings. The highest BCUT2D eigenvalue weighted by molar-refractivity contribution is 6.30. The van der Waals surface area contributed by atoms with E-state index in [0.29, 0.717) is 28.3 Å². The molecule has 2 amide bonds. The molecule has 0 aromatic heterocycles. The molecule has 0 spiro atoms. The number of Topliss-reactive ketones (excluding diaryl/α,β-unsaturated/α-hetero) is 1. The third-order valence-corrected chi connectivity index (χ3v) is 5.04. The summed E-state index contributed by atoms with van der Waals surface area (Å²) in [4.78, 5) is 49.0. The Balaban J connectivity index is 2.00. The Hall–Kier alpha value is -3.19. The van der Waals surface area contributed by atoms with Crippen molar-refractivity contribution in [1.29, 1.82) is 0 Å². The van der Waals surface area contributed by atoms with Gasteiger partial charge < -0.3 is 15.4 Å². The molecule has 0 fully saturated rings. The van der Waals surface area contributed by atoms with E-state index < -0.39 is 30.4 Å². The summed E-state index contributed by atoms with van der Waals surface area (Å²) in [6, 6.07) is 11.9. The molecule has 0 saturated carbocycles. The smallest absolute Gasteiger partial charge is 0.329 e. The van der Waals surface area contributed by atoms with Crippen molar-refractivity contribution in [2.75, 3.05) is 11.9 Å². The van der Waals surface area contributed by atoms with Gasteiger partial charge in [-0.15, -0.1) is 0 Å². The number of para-hydroxylation sites is 1. The molecule has 2 rings (SSSR count). The standard InChI is InChI=1S/C23H25ClN2O5/c1-4-14(2)21(26-22(29)16-9-11-17(24)12-10-16)23(30)31-13-20(28)25-19-8-6-5-7-18(19)15(3)27/h5-12,14,21H,4,13H2,1-3H3,(H,25,28)(H,26,29)/t14-,21-/m1/s1. The van der Waals surface area contributed by atoms with E-state index in [4.69, 9.17) is 16.3 Å². The first kappa shape index (κ1) is 24.1. The van der Waals surface area contributed by atoms with Gasteiger partial charge in [-0.3, -0.25) is 14.4 Å². The van der Waals surface area contributed by atoms with Gasteiger partial charge in [-0.05, 0) is 49.2 Å². The molecule has 0 aliphatic carbocycles. The zero-order valence-electron chi connectivity index (χ0n) is 17.6. The van der Waals surface area contributed by atoms with Crippen molar-refractivity contribution in [2.45, 2.75) is 33.2 Å². The first-order valence-corrected chi connectivity index (χ1v) is 10.2. The zero-order valence-corrected chi connectivity index (χ0v) is 18.4. The maximum Gasteiger partial charge on any atom is 0.329 e. The van der Waals surface area contributed by atoms with Gasteiger partial charge in [0.05, 0.1) is 5.69 Å². The third-order valence-electron chi connectivity index (χ3n) is 4.79. The van der Waals surface area contributed by atoms with Gasteiger partial charge in [0.15, 0.2) is 12.4 Å². The predicted octanol–water partition coefficient (Wildman–Crippen LogP) is 3.87. The maximum absolute atomic E-state index is 12.6. The van der Waals surface area contributed by atoms with Crippen LogP contribution in [0, 0.1) is 5.92 Å². The fraction of sp³-hybridized carbons (Fsp3) is 0.304. The van der Waals surface area contributed by atoms with Crippen molar-refractivity contribution in [3.8, 4) is 0 Å². The van der Waals surface area contributed by atoms with Gasteiger partial charge in [0.25, 0.3) is 11.8 Å². The van der Waals surface area contributed by atoms with Crippen LogP contribution in [0.3, 0.4) is 0 Å². The SMILES string of the molecule is CC[C@@H](C)[C@@H](NC(=O)c1ccc(Cl)cc1)C(=O)OCC(=O)Nc1ccccc1C(C)=O. The predicted molar refractivity (Wildman–Crippen MR) is 118 cm³/mol. The number of carbonyl (C=O) groups excluding carboxylic acids is 4. The second kappa shape index (κ2) is 11.3. The molecule has 0 saturated heterocycles. The Labute approximate surface area is 186 Å². The molecule has 0 aliphatic rings. The average Bonchev–Trinajstić information content (AvgIpc) is 2.75. The highest BCUT2D eigenvalue weighted by atomic mass is 35.5. The minimum absolute atomic E-state index is 0.199. The number of ketones is 1. The molecule has 0 radical (unpaired) electrons. The van der Waals surface area contributed by atoms with Gasteiger partial charge in [-0.2, -0.15) is 0 Å². The van der Waals surface area contributed by atoms with E-state index in [1.54, 1.807) is 55.5 Å². The number of hydrogen-bond acceptors (Lipinski definition) is 5. The zero-order chi connectivity index (χ0) is 23.0. The van der Waals surface area contributed by atoms with E-state index in [1.165, 1.54) is 6.92 Å². The number of benzene rings is 2. The second-order valence-electron chi connectivity index (χ2n) is 7.10. The van der Waals surface area contributed by atoms with Crippen LogP contribution < -0.4 is 10.6 Å². The topological polar surface area (TPSA) is 102 Å². The monoisotopic (exact) mass is 444 g/mol. The Morgan fingerprint density at radius 1 is 1.03 bits per heavy atom. The summed E-state index contributed by atoms with van der Waals surface area (Å²) in [5.41, 5.74) is 1.05. The first-order chi connectivity index (χ1) is 14.7. The maximum atomic E-state index is 12.6. The minimum Gasteiger partial charge on any atom is -0.454 e. The molecule has 7 nitrogen and oxygen atoms in total. The highest BCUT2D eigenvalue weighted by Gasteiger charge is 2.28. The number of esters is 1. The van der Waals surface area contributed by atoms with Gasteiger partial charge in [0, 0.05) is 16.1 Å². The Kier molecular flexibility index (Phi) is 8.75. The van der Waals surface area contributed by atoms with Crippen LogP contribution in [0.1, 0.15) is 47.9 Å². The van der Waals surface area contributed by atoms with E-state index in [2.05, 4.69) is 10.6 Å². The number of carbonyl (C=O) groups is 4. The van der Waals surface area contributed by atoms with Gasteiger partial charge in [-0.25, -0.2) is 4.79 Å². The highest BCUT2D eigenvalue weighted by Crippen LogP contribution is 2.16. The third kappa shape index (κ3) is 6.93. The average molecular weight is 445 g/mol. The van der Waals surface area contributed by atoms with Crippen LogP contribution in [0.15, 0.2) is 48.5 Å². The van der Waals surface area contributed by atoms with Crippen molar-refractivity contribution >= 4 is 40.9 Å². The largest absolute Gasteiger partial charge is 0.454 e. The number of rotatable bonds is 9. The normalized spacial score (nSPS) is 12.4. The lowest BCUT2D eigenvalue weighted by Gasteiger charge is -2.22. The molecule has 2 aromatic carbocycles. The van der Waals surface area contributed by atoms with Gasteiger partial charge in [0.2, 0.25) is 0 Å². The van der Waals surface area contributed by atoms with Crippen molar-refractivity contribution < 1.29 is 23.9 Å². The number of nitrogens with one attached hydrogen (secondary N) is 2. The number of hydrogen-bond donors (Lipinski definition) is 2. The Morgan fingerprint density at radius 3 is 2.29 bits per heavy atom. The van der Waals surface area contributed by atoms with E-state index in [1.807, 2.05) is 6.92 Å². The number of ether oxygens (including phenoxy) is 1. The van der Waals surface area contributed by atoms with Crippen molar-refractivity contribution in [2.24, 2.45) is 5.92 Å². The van der Waals surface area contributed by atoms with Crippen molar-refractivity contribution in [3.05, 3.63) is 64.7 Å². The van der Waals surface area contributed by atoms with Gasteiger partial charge in [-0.1, -0.05) is 44.0 Å². The van der Waals surface area contributed by atoms with Crippen molar-refractivity contribution in [1.82, 2.24) is 5.32 Å². The fourth-order valence-electron chi connectivity index (χ4n) is 2.81. The first-order valence-electron chi connectivity index (χ1n) is 9.85. The second-order valence-corrected chi connectivity index (χ2v) is 7.54. The molecule has 0 bridgehead atoms. The molecule has 0 unspecified atom stereocenters. The van der Waals surface area contributed by atoms with Crippen LogP contribution >= 0.6 is 11.6 Å². The summed E-state index contributed by atoms with van der Waals surface area (Å²) in [6.45, 7) is 4.53. The minimum atomic E-state index is -0.925. The van der Waals surface area contributed by atoms with Gasteiger partial charge in [0.1, 0.15) is 6.04 Å². The lowest BCUT2D eigenvalue weighted by atomic mass is 9.99. The summed E-state index contributed by atoms with van der Waals surface area (Å²) in [5, 5.41) is 5.72. The van der Waals surface area contributed by atoms with Crippen LogP contribution in [0.25, 0.3) is 0 Å². The van der Waals surface area contributed by atoms with Crippen LogP contribution in [0.2, 0.25) is 5.02 Å². The number of amides is 2. The molecular weight excluding hydrogens is 420 g/mol. The van der Waals surface area contributed by atoms with Crippen LogP contribution in [-0.2, 0) is 14.3 Å². The van der Waals surface area contributed by atoms with Crippen LogP contribution in [0.5, 0.6) is 0 Å². The molecule has 2 atom stereocenters. The molecule has 164 valence electrons. The Bertz CT molecular complexity index is 959. The lowest BCUT2D eigenvalue weighted by Crippen LogP contribution is -2.46. The number of halogens is 1. The van der Waals surface area contributed by atoms with E-state index >= 15 is 0 Å². The summed E-state index contributed by atoms with van der Waals surface area (Å²) in [5.74, 6) is -2.17. The van der Waals surface area contributed by atoms with Gasteiger partial charge >= 0.3 is 5.97 Å². The molecular formula is C23H25ClN2O5. The van der Waals surface area contributed by atoms with Crippen LogP contribution in [0.4, 0.5) is 5.69 Å². The molecule has 0 heterocycles. The summed E-state index contributed by atoms with van der Waals surface area (Å²) in [6.07, 6.45) is 0.610. The Morgan fingerprint density at radius 2 is 1.68 bits per heavy atom. The number of anilines is 1. The molecule has 8 heteroatoms. The molecule has 2 N–H and O–H groups in total. The molecule has 0 aliphatic heterocycles. The quantitative estimate of drug-likeness (QED) is 0.451. The van der Waals surface area contributed by atoms with E-state index in [-0.39, 0.29) is 11.7 Å². The fourth-order valence-corrected chi connectivity index (χ4v) is 2.93. The van der Waals surface area contributed by atoms with Crippen molar-refractivity contribution in [3.63, 3.8) is 0 Å². The van der Waals surface area contributed by atoms with Crippen LogP contribution in [-0.4, -0.2) is 36.2 Å². The summed E-state index contributed by atoms with van der Waals surface area (Å²) in [7, 11) is 0. The summed E-state index contributed by atoms with van der Waals surface area (Å²) >= 11 is 5.84. The summed E-state index contributed by atoms with van der Waals surface area (Å²) < 4.78 is 5.15. The van der Waals surface area contributed by atoms with E-state index in [0.717, 1.165) is 0 Å². The lowest BCUT2D eigenvalue weighted by molar-refractivity contribution is -0.150. The van der Waals surface area contributed by atoms with E-state index in [9.17, 15) is 19.2 Å².